The first-order valence-electron chi connectivity index (χ1n) is 12.1. The number of carbonyl (C=O) groups is 1. The van der Waals surface area contributed by atoms with E-state index in [1.54, 1.807) is 18.2 Å². The maximum Gasteiger partial charge on any atom is 0.308 e. The molecule has 2 N–H and O–H groups in total. The topological polar surface area (TPSA) is 82.9 Å². The quantitative estimate of drug-likeness (QED) is 0.342. The fourth-order valence-electron chi connectivity index (χ4n) is 4.95. The number of pyridine rings is 1. The van der Waals surface area contributed by atoms with Crippen molar-refractivity contribution >= 4 is 28.6 Å². The Hall–Kier alpha value is -2.82. The van der Waals surface area contributed by atoms with Gasteiger partial charge in [-0.1, -0.05) is 0 Å². The number of aliphatic hydroxyl groups is 1. The van der Waals surface area contributed by atoms with Gasteiger partial charge < -0.3 is 19.8 Å². The molecule has 2 aromatic carbocycles. The van der Waals surface area contributed by atoms with Gasteiger partial charge in [0.05, 0.1) is 30.8 Å². The van der Waals surface area contributed by atoms with Gasteiger partial charge in [-0.2, -0.15) is 0 Å². The molecule has 3 atom stereocenters. The van der Waals surface area contributed by atoms with Crippen LogP contribution < -0.4 is 4.74 Å². The molecule has 1 aromatic heterocycles. The first kappa shape index (κ1) is 27.2. The van der Waals surface area contributed by atoms with Crippen molar-refractivity contribution in [3.63, 3.8) is 0 Å². The molecule has 1 aliphatic rings. The minimum absolute atomic E-state index is 0.138. The zero-order valence-corrected chi connectivity index (χ0v) is 21.2. The van der Waals surface area contributed by atoms with Gasteiger partial charge in [-0.25, -0.2) is 13.2 Å². The number of aromatic nitrogens is 1. The molecule has 4 rings (SSSR count). The second kappa shape index (κ2) is 12.1. The summed E-state index contributed by atoms with van der Waals surface area (Å²) >= 11 is 1.32. The number of aliphatic hydroxyl groups excluding tert-OH is 1. The number of methoxy groups -OCH3 is 1. The van der Waals surface area contributed by atoms with Gasteiger partial charge in [0.1, 0.15) is 23.2 Å². The molecule has 0 spiro atoms. The van der Waals surface area contributed by atoms with Gasteiger partial charge >= 0.3 is 5.97 Å². The highest BCUT2D eigenvalue weighted by molar-refractivity contribution is 7.99. The smallest absolute Gasteiger partial charge is 0.308 e. The molecule has 1 aliphatic heterocycles. The van der Waals surface area contributed by atoms with Gasteiger partial charge in [-0.3, -0.25) is 9.78 Å². The zero-order chi connectivity index (χ0) is 26.5. The molecular formula is C27H29F3N2O4S. The summed E-state index contributed by atoms with van der Waals surface area (Å²) in [6.07, 6.45) is 1.23. The van der Waals surface area contributed by atoms with Crippen molar-refractivity contribution in [1.29, 1.82) is 0 Å². The summed E-state index contributed by atoms with van der Waals surface area (Å²) in [5.41, 5.74) is 0.672. The van der Waals surface area contributed by atoms with E-state index in [-0.39, 0.29) is 17.9 Å². The fourth-order valence-corrected chi connectivity index (χ4v) is 5.93. The number of piperidine rings is 1. The van der Waals surface area contributed by atoms with Gasteiger partial charge in [0, 0.05) is 40.8 Å². The molecule has 1 fully saturated rings. The Bertz CT molecular complexity index is 1240. The molecule has 2 unspecified atom stereocenters. The van der Waals surface area contributed by atoms with Gasteiger partial charge in [0.25, 0.3) is 0 Å². The molecule has 1 saturated heterocycles. The molecule has 0 amide bonds. The summed E-state index contributed by atoms with van der Waals surface area (Å²) in [5.74, 6) is -2.49. The normalized spacial score (nSPS) is 19.2. The highest BCUT2D eigenvalue weighted by Crippen LogP contribution is 2.35. The van der Waals surface area contributed by atoms with Crippen LogP contribution in [0.4, 0.5) is 13.2 Å². The first-order chi connectivity index (χ1) is 17.7. The average Bonchev–Trinajstić information content (AvgIpc) is 2.86. The van der Waals surface area contributed by atoms with Gasteiger partial charge in [0.2, 0.25) is 0 Å². The van der Waals surface area contributed by atoms with Crippen molar-refractivity contribution < 1.29 is 32.9 Å². The number of carboxylic acid groups (broad SMARTS) is 1. The molecule has 0 aliphatic carbocycles. The third-order valence-electron chi connectivity index (χ3n) is 6.88. The van der Waals surface area contributed by atoms with Crippen molar-refractivity contribution in [2.75, 3.05) is 32.5 Å². The van der Waals surface area contributed by atoms with Crippen LogP contribution in [0, 0.1) is 29.3 Å². The van der Waals surface area contributed by atoms with Crippen LogP contribution in [0.25, 0.3) is 10.9 Å². The summed E-state index contributed by atoms with van der Waals surface area (Å²) in [7, 11) is 1.50. The third-order valence-corrected chi connectivity index (χ3v) is 7.84. The molecule has 0 saturated carbocycles. The predicted octanol–water partition coefficient (Wildman–Crippen LogP) is 5.29. The number of fused-ring (bicyclic) bond motifs is 1. The van der Waals surface area contributed by atoms with Crippen molar-refractivity contribution in [1.82, 2.24) is 9.88 Å². The van der Waals surface area contributed by atoms with Crippen molar-refractivity contribution in [2.24, 2.45) is 11.8 Å². The van der Waals surface area contributed by atoms with Crippen LogP contribution >= 0.6 is 11.8 Å². The summed E-state index contributed by atoms with van der Waals surface area (Å²) in [6.45, 7) is 1.60. The van der Waals surface area contributed by atoms with Crippen LogP contribution in [0.5, 0.6) is 5.75 Å². The summed E-state index contributed by atoms with van der Waals surface area (Å²) in [5, 5.41) is 21.2. The lowest BCUT2D eigenvalue weighted by Gasteiger charge is -2.37. The van der Waals surface area contributed by atoms with E-state index < -0.39 is 35.4 Å². The molecule has 0 bridgehead atoms. The molecular weight excluding hydrogens is 505 g/mol. The number of carboxylic acids is 1. The summed E-state index contributed by atoms with van der Waals surface area (Å²) in [6, 6.07) is 8.42. The largest absolute Gasteiger partial charge is 0.497 e. The van der Waals surface area contributed by atoms with E-state index in [4.69, 9.17) is 4.74 Å². The van der Waals surface area contributed by atoms with Crippen LogP contribution in [-0.2, 0) is 4.79 Å². The fraction of sp³-hybridized carbons (Fsp3) is 0.407. The molecule has 37 heavy (non-hydrogen) atoms. The summed E-state index contributed by atoms with van der Waals surface area (Å²) < 4.78 is 46.7. The monoisotopic (exact) mass is 534 g/mol. The molecule has 10 heteroatoms. The van der Waals surface area contributed by atoms with Crippen LogP contribution in [0.1, 0.15) is 30.9 Å². The van der Waals surface area contributed by atoms with E-state index in [0.717, 1.165) is 12.3 Å². The highest BCUT2D eigenvalue weighted by Gasteiger charge is 2.34. The predicted molar refractivity (Wildman–Crippen MR) is 135 cm³/mol. The number of halogens is 3. The number of aliphatic carboxylic acids is 1. The molecule has 198 valence electrons. The van der Waals surface area contributed by atoms with E-state index in [9.17, 15) is 28.2 Å². The number of hydrogen-bond acceptors (Lipinski definition) is 6. The Kier molecular flexibility index (Phi) is 8.94. The Balaban J connectivity index is 1.36. The Labute approximate surface area is 217 Å². The van der Waals surface area contributed by atoms with Gasteiger partial charge in [0.15, 0.2) is 0 Å². The maximum absolute atomic E-state index is 14.7. The first-order valence-corrected chi connectivity index (χ1v) is 13.1. The average molecular weight is 535 g/mol. The Morgan fingerprint density at radius 2 is 1.97 bits per heavy atom. The number of ether oxygens (including phenoxy) is 1. The van der Waals surface area contributed by atoms with Gasteiger partial charge in [-0.05, 0) is 62.1 Å². The Morgan fingerprint density at radius 1 is 1.22 bits per heavy atom. The van der Waals surface area contributed by atoms with Crippen molar-refractivity contribution in [3.8, 4) is 5.75 Å². The number of hydrogen-bond donors (Lipinski definition) is 2. The molecule has 6 nitrogen and oxygen atoms in total. The second-order valence-electron chi connectivity index (χ2n) is 9.24. The number of nitrogens with zero attached hydrogens (tertiary/aromatic N) is 2. The lowest BCUT2D eigenvalue weighted by Crippen LogP contribution is -2.44. The minimum atomic E-state index is -1.12. The molecule has 3 aromatic rings. The maximum atomic E-state index is 14.7. The standard InChI is InChI=1S/C27H29F3N2O4S/c1-36-19-3-4-24-21(13-19)26(23(30)14-31-24)25(33)5-2-16-6-7-32(15-22(16)27(34)35)8-9-37-20-11-17(28)10-18(29)12-20/h3-4,10-14,16,22,25,33H,2,5-9,15H2,1H3,(H,34,35)/t16?,22?,25-/m1/s1. The van der Waals surface area contributed by atoms with Crippen LogP contribution in [0.15, 0.2) is 47.5 Å². The van der Waals surface area contributed by atoms with Gasteiger partial charge in [-0.15, -0.1) is 11.8 Å². The second-order valence-corrected chi connectivity index (χ2v) is 10.4. The number of rotatable bonds is 10. The van der Waals surface area contributed by atoms with Crippen LogP contribution in [-0.4, -0.2) is 58.6 Å². The van der Waals surface area contributed by atoms with E-state index >= 15 is 0 Å². The lowest BCUT2D eigenvalue weighted by molar-refractivity contribution is -0.146. The lowest BCUT2D eigenvalue weighted by atomic mass is 9.81. The molecule has 0 radical (unpaired) electrons. The third kappa shape index (κ3) is 6.74. The number of thioether (sulfide) groups is 1. The van der Waals surface area contributed by atoms with Crippen LogP contribution in [0.3, 0.4) is 0 Å². The Morgan fingerprint density at radius 3 is 2.68 bits per heavy atom. The zero-order valence-electron chi connectivity index (χ0n) is 20.4. The highest BCUT2D eigenvalue weighted by atomic mass is 32.2. The molecule has 2 heterocycles. The van der Waals surface area contributed by atoms with Crippen LogP contribution in [0.2, 0.25) is 0 Å². The summed E-state index contributed by atoms with van der Waals surface area (Å²) in [4.78, 5) is 18.6. The van der Waals surface area contributed by atoms with E-state index in [1.165, 1.54) is 31.0 Å². The minimum Gasteiger partial charge on any atom is -0.497 e. The van der Waals surface area contributed by atoms with E-state index in [0.29, 0.717) is 59.8 Å². The van der Waals surface area contributed by atoms with E-state index in [1.807, 2.05) is 4.90 Å². The van der Waals surface area contributed by atoms with E-state index in [2.05, 4.69) is 4.98 Å². The van der Waals surface area contributed by atoms with Crippen molar-refractivity contribution in [2.45, 2.75) is 30.3 Å². The number of benzene rings is 2. The van der Waals surface area contributed by atoms with Crippen molar-refractivity contribution in [3.05, 3.63) is 65.6 Å². The SMILES string of the molecule is COc1ccc2ncc(F)c([C@H](O)CCC3CCN(CCSc4cc(F)cc(F)c4)CC3C(=O)O)c2c1. The number of likely N-dealkylation sites (tertiary alicyclic amines) is 1.